The molecule has 1 atom stereocenters. The lowest BCUT2D eigenvalue weighted by molar-refractivity contribution is -0.142. The number of aryl methyl sites for hydroxylation is 1. The summed E-state index contributed by atoms with van der Waals surface area (Å²) in [6.45, 7) is 4.03. The summed E-state index contributed by atoms with van der Waals surface area (Å²) >= 11 is 0. The number of hydrogen-bond acceptors (Lipinski definition) is 6. The van der Waals surface area contributed by atoms with E-state index in [1.165, 1.54) is 24.3 Å². The second-order valence-corrected chi connectivity index (χ2v) is 10.9. The molecule has 2 saturated heterocycles. The van der Waals surface area contributed by atoms with Crippen molar-refractivity contribution in [3.05, 3.63) is 59.5 Å². The van der Waals surface area contributed by atoms with Crippen molar-refractivity contribution in [1.82, 2.24) is 19.3 Å². The van der Waals surface area contributed by atoms with Crippen molar-refractivity contribution in [3.63, 3.8) is 0 Å². The molecule has 11 heteroatoms. The van der Waals surface area contributed by atoms with Crippen LogP contribution < -0.4 is 10.1 Å². The topological polar surface area (TPSA) is 99.5 Å². The highest BCUT2D eigenvalue weighted by Crippen LogP contribution is 2.49. The molecule has 3 amide bonds. The van der Waals surface area contributed by atoms with Crippen molar-refractivity contribution in [2.45, 2.75) is 11.5 Å². The maximum absolute atomic E-state index is 13.6. The molecule has 4 heterocycles. The van der Waals surface area contributed by atoms with Crippen LogP contribution in [0.3, 0.4) is 0 Å². The van der Waals surface area contributed by atoms with Crippen LogP contribution in [0.1, 0.15) is 17.3 Å². The number of rotatable bonds is 5. The van der Waals surface area contributed by atoms with Gasteiger partial charge in [-0.3, -0.25) is 9.69 Å². The third kappa shape index (κ3) is 4.47. The first-order valence-corrected chi connectivity index (χ1v) is 13.5. The Bertz CT molecular complexity index is 1430. The molecule has 0 unspecified atom stereocenters. The minimum Gasteiger partial charge on any atom is -0.497 e. The van der Waals surface area contributed by atoms with E-state index in [0.29, 0.717) is 50.8 Å². The molecule has 2 N–H and O–H groups in total. The van der Waals surface area contributed by atoms with Gasteiger partial charge in [0.1, 0.15) is 11.6 Å². The summed E-state index contributed by atoms with van der Waals surface area (Å²) in [5.74, 6) is 0.375. The maximum atomic E-state index is 13.6. The SMILES string of the molecule is COc1ccc2c3c(n(C)c2c1)[C@H](CO)N(C(=O)Nc1ccc(F)cc1)CC31CN(C(=O)CN2CCOCC2)C1. The Morgan fingerprint density at radius 2 is 1.85 bits per heavy atom. The largest absolute Gasteiger partial charge is 0.497 e. The Hall–Kier alpha value is -3.67. The van der Waals surface area contributed by atoms with E-state index in [2.05, 4.69) is 10.2 Å². The Labute approximate surface area is 231 Å². The Balaban J connectivity index is 1.36. The molecule has 1 aromatic heterocycles. The van der Waals surface area contributed by atoms with E-state index in [1.807, 2.05) is 34.7 Å². The van der Waals surface area contributed by atoms with E-state index < -0.39 is 23.3 Å². The van der Waals surface area contributed by atoms with E-state index in [-0.39, 0.29) is 12.5 Å². The summed E-state index contributed by atoms with van der Waals surface area (Å²) < 4.78 is 26.4. The summed E-state index contributed by atoms with van der Waals surface area (Å²) in [6, 6.07) is 10.5. The molecule has 6 rings (SSSR count). The van der Waals surface area contributed by atoms with Gasteiger partial charge < -0.3 is 34.3 Å². The Morgan fingerprint density at radius 3 is 2.52 bits per heavy atom. The van der Waals surface area contributed by atoms with Crippen molar-refractivity contribution >= 4 is 28.5 Å². The molecular formula is C29H34FN5O5. The number of hydrogen-bond donors (Lipinski definition) is 2. The highest BCUT2D eigenvalue weighted by Gasteiger charge is 2.55. The van der Waals surface area contributed by atoms with Crippen LogP contribution in [0.25, 0.3) is 10.9 Å². The zero-order valence-corrected chi connectivity index (χ0v) is 22.7. The van der Waals surface area contributed by atoms with Crippen LogP contribution in [-0.4, -0.2) is 103 Å². The van der Waals surface area contributed by atoms with Crippen LogP contribution >= 0.6 is 0 Å². The molecule has 2 fully saturated rings. The molecule has 0 radical (unpaired) electrons. The van der Waals surface area contributed by atoms with Crippen molar-refractivity contribution < 1.29 is 28.6 Å². The van der Waals surface area contributed by atoms with Crippen LogP contribution in [0.5, 0.6) is 5.75 Å². The van der Waals surface area contributed by atoms with Gasteiger partial charge in [-0.25, -0.2) is 9.18 Å². The summed E-state index contributed by atoms with van der Waals surface area (Å²) in [4.78, 5) is 32.5. The second kappa shape index (κ2) is 10.4. The summed E-state index contributed by atoms with van der Waals surface area (Å²) in [5, 5.41) is 14.5. The predicted molar refractivity (Wildman–Crippen MR) is 147 cm³/mol. The molecule has 1 spiro atoms. The molecule has 0 saturated carbocycles. The van der Waals surface area contributed by atoms with Crippen molar-refractivity contribution in [3.8, 4) is 5.75 Å². The van der Waals surface area contributed by atoms with Gasteiger partial charge in [0.2, 0.25) is 5.91 Å². The fourth-order valence-corrected chi connectivity index (χ4v) is 6.47. The van der Waals surface area contributed by atoms with Gasteiger partial charge in [0.25, 0.3) is 0 Å². The first-order chi connectivity index (χ1) is 19.3. The average Bonchev–Trinajstić information content (AvgIpc) is 3.24. The molecule has 3 aliphatic rings. The lowest BCUT2D eigenvalue weighted by Crippen LogP contribution is -2.69. The first-order valence-electron chi connectivity index (χ1n) is 13.5. The van der Waals surface area contributed by atoms with E-state index in [9.17, 15) is 19.1 Å². The van der Waals surface area contributed by atoms with E-state index >= 15 is 0 Å². The summed E-state index contributed by atoms with van der Waals surface area (Å²) in [6.07, 6.45) is 0. The number of carbonyl (C=O) groups is 2. The van der Waals surface area contributed by atoms with Crippen molar-refractivity contribution in [2.24, 2.45) is 7.05 Å². The number of nitrogens with one attached hydrogen (secondary N) is 1. The normalized spacial score (nSPS) is 20.4. The number of aromatic nitrogens is 1. The van der Waals surface area contributed by atoms with E-state index in [4.69, 9.17) is 9.47 Å². The minimum atomic E-state index is -0.609. The number of benzene rings is 2. The molecule has 40 heavy (non-hydrogen) atoms. The number of likely N-dealkylation sites (tertiary alicyclic amines) is 1. The number of halogens is 1. The Kier molecular flexibility index (Phi) is 6.89. The quantitative estimate of drug-likeness (QED) is 0.505. The highest BCUT2D eigenvalue weighted by atomic mass is 19.1. The zero-order chi connectivity index (χ0) is 28.0. The number of fused-ring (bicyclic) bond motifs is 4. The number of aliphatic hydroxyl groups is 1. The standard InChI is InChI=1S/C29H34FN5O5/c1-32-23-13-21(39-2)7-8-22(23)26-27(32)24(15-36)35(28(38)31-20-5-3-19(30)4-6-20)18-29(26)16-34(17-29)25(37)14-33-9-11-40-12-10-33/h3-8,13,24,36H,9-12,14-18H2,1-2H3,(H,31,38)/t24-/m0/s1. The number of methoxy groups -OCH3 is 1. The van der Waals surface area contributed by atoms with Gasteiger partial charge >= 0.3 is 6.03 Å². The van der Waals surface area contributed by atoms with E-state index in [0.717, 1.165) is 35.2 Å². The smallest absolute Gasteiger partial charge is 0.322 e. The lowest BCUT2D eigenvalue weighted by Gasteiger charge is -2.56. The Morgan fingerprint density at radius 1 is 1.12 bits per heavy atom. The fraction of sp³-hybridized carbons (Fsp3) is 0.448. The molecule has 0 aliphatic carbocycles. The van der Waals surface area contributed by atoms with E-state index in [1.54, 1.807) is 12.0 Å². The fourth-order valence-electron chi connectivity index (χ4n) is 6.47. The van der Waals surface area contributed by atoms with Crippen LogP contribution in [0.2, 0.25) is 0 Å². The number of urea groups is 1. The van der Waals surface area contributed by atoms with Crippen molar-refractivity contribution in [1.29, 1.82) is 0 Å². The summed E-state index contributed by atoms with van der Waals surface area (Å²) in [5.41, 5.74) is 2.79. The molecule has 212 valence electrons. The molecule has 2 aromatic carbocycles. The van der Waals surface area contributed by atoms with Gasteiger partial charge in [-0.15, -0.1) is 0 Å². The number of ether oxygens (including phenoxy) is 2. The number of carbonyl (C=O) groups excluding carboxylic acids is 2. The molecule has 10 nitrogen and oxygen atoms in total. The number of nitrogens with zero attached hydrogens (tertiary/aromatic N) is 4. The molecule has 3 aliphatic heterocycles. The van der Waals surface area contributed by atoms with Gasteiger partial charge in [-0.1, -0.05) is 0 Å². The molecule has 3 aromatic rings. The van der Waals surface area contributed by atoms with Gasteiger partial charge in [0.15, 0.2) is 0 Å². The van der Waals surface area contributed by atoms with Gasteiger partial charge in [0.05, 0.1) is 50.4 Å². The van der Waals surface area contributed by atoms with Gasteiger partial charge in [-0.05, 0) is 42.0 Å². The van der Waals surface area contributed by atoms with Gasteiger partial charge in [0, 0.05) is 62.6 Å². The first kappa shape index (κ1) is 26.5. The zero-order valence-electron chi connectivity index (χ0n) is 22.7. The summed E-state index contributed by atoms with van der Waals surface area (Å²) in [7, 11) is 3.55. The van der Waals surface area contributed by atoms with Crippen LogP contribution in [0.4, 0.5) is 14.9 Å². The van der Waals surface area contributed by atoms with Crippen molar-refractivity contribution in [2.75, 3.05) is 71.5 Å². The third-order valence-corrected chi connectivity index (χ3v) is 8.48. The van der Waals surface area contributed by atoms with Crippen LogP contribution in [0, 0.1) is 5.82 Å². The molecular weight excluding hydrogens is 517 g/mol. The number of anilines is 1. The minimum absolute atomic E-state index is 0.0579. The van der Waals surface area contributed by atoms with Gasteiger partial charge in [-0.2, -0.15) is 0 Å². The average molecular weight is 552 g/mol. The molecule has 0 bridgehead atoms. The lowest BCUT2D eigenvalue weighted by atomic mass is 9.68. The second-order valence-electron chi connectivity index (χ2n) is 10.9. The predicted octanol–water partition coefficient (Wildman–Crippen LogP) is 2.32. The third-order valence-electron chi connectivity index (χ3n) is 8.48. The number of aliphatic hydroxyl groups excluding tert-OH is 1. The number of morpholine rings is 1. The monoisotopic (exact) mass is 551 g/mol. The van der Waals surface area contributed by atoms with Crippen LogP contribution in [-0.2, 0) is 22.0 Å². The maximum Gasteiger partial charge on any atom is 0.322 e. The number of amides is 3. The van der Waals surface area contributed by atoms with Crippen LogP contribution in [0.15, 0.2) is 42.5 Å². The highest BCUT2D eigenvalue weighted by molar-refractivity contribution is 5.93.